The minimum atomic E-state index is -0.639. The average molecular weight is 239 g/mol. The Balaban J connectivity index is 2.18. The van der Waals surface area contributed by atoms with Crippen molar-refractivity contribution >= 4 is 11.6 Å². The van der Waals surface area contributed by atoms with Gasteiger partial charge in [0.05, 0.1) is 5.60 Å². The monoisotopic (exact) mass is 238 g/mol. The normalized spacial score (nSPS) is 23.0. The highest BCUT2D eigenvalue weighted by Gasteiger charge is 2.37. The molecule has 0 radical (unpaired) electrons. The highest BCUT2D eigenvalue weighted by molar-refractivity contribution is 6.30. The summed E-state index contributed by atoms with van der Waals surface area (Å²) in [4.78, 5) is 0. The van der Waals surface area contributed by atoms with Gasteiger partial charge >= 0.3 is 0 Å². The van der Waals surface area contributed by atoms with Crippen molar-refractivity contribution in [1.29, 1.82) is 0 Å². The molecule has 0 atom stereocenters. The minimum Gasteiger partial charge on any atom is -0.385 e. The fourth-order valence-electron chi connectivity index (χ4n) is 2.39. The van der Waals surface area contributed by atoms with Crippen LogP contribution in [0.15, 0.2) is 24.3 Å². The lowest BCUT2D eigenvalue weighted by Gasteiger charge is -2.40. The lowest BCUT2D eigenvalue weighted by Crippen LogP contribution is -2.34. The second kappa shape index (κ2) is 4.05. The SMILES string of the molecule is CC1(C)CCC(O)(c2ccc(Cl)cc2)CC1. The molecule has 1 fully saturated rings. The largest absolute Gasteiger partial charge is 0.385 e. The summed E-state index contributed by atoms with van der Waals surface area (Å²) in [5.41, 5.74) is 0.742. The second-order valence-corrected chi connectivity index (χ2v) is 6.14. The van der Waals surface area contributed by atoms with Crippen molar-refractivity contribution in [2.24, 2.45) is 5.41 Å². The molecule has 1 aromatic rings. The van der Waals surface area contributed by atoms with Crippen molar-refractivity contribution in [3.05, 3.63) is 34.9 Å². The molecule has 0 heterocycles. The molecule has 88 valence electrons. The fourth-order valence-corrected chi connectivity index (χ4v) is 2.52. The predicted molar refractivity (Wildman–Crippen MR) is 67.6 cm³/mol. The first-order valence-electron chi connectivity index (χ1n) is 5.90. The molecule has 1 N–H and O–H groups in total. The van der Waals surface area contributed by atoms with Crippen LogP contribution in [-0.2, 0) is 5.60 Å². The number of aliphatic hydroxyl groups is 1. The Morgan fingerprint density at radius 2 is 1.50 bits per heavy atom. The molecule has 1 saturated carbocycles. The van der Waals surface area contributed by atoms with Gasteiger partial charge in [-0.05, 0) is 48.8 Å². The summed E-state index contributed by atoms with van der Waals surface area (Å²) in [5.74, 6) is 0. The Bertz CT molecular complexity index is 357. The summed E-state index contributed by atoms with van der Waals surface area (Å²) in [6.45, 7) is 4.54. The van der Waals surface area contributed by atoms with Gasteiger partial charge in [0, 0.05) is 5.02 Å². The Morgan fingerprint density at radius 3 is 2.00 bits per heavy atom. The topological polar surface area (TPSA) is 20.2 Å². The molecule has 0 aliphatic heterocycles. The Morgan fingerprint density at radius 1 is 1.00 bits per heavy atom. The maximum Gasteiger partial charge on any atom is 0.0897 e. The summed E-state index contributed by atoms with van der Waals surface area (Å²) in [5, 5.41) is 11.3. The van der Waals surface area contributed by atoms with Crippen LogP contribution in [0.4, 0.5) is 0 Å². The van der Waals surface area contributed by atoms with E-state index in [1.54, 1.807) is 0 Å². The number of rotatable bonds is 1. The Kier molecular flexibility index (Phi) is 3.02. The molecule has 0 saturated heterocycles. The summed E-state index contributed by atoms with van der Waals surface area (Å²) in [6.07, 6.45) is 3.85. The first kappa shape index (κ1) is 11.9. The summed E-state index contributed by atoms with van der Waals surface area (Å²) < 4.78 is 0. The zero-order valence-corrected chi connectivity index (χ0v) is 10.7. The molecule has 0 bridgehead atoms. The van der Waals surface area contributed by atoms with Crippen molar-refractivity contribution < 1.29 is 5.11 Å². The molecule has 1 nitrogen and oxygen atoms in total. The Labute approximate surface area is 102 Å². The molecule has 0 unspecified atom stereocenters. The van der Waals surface area contributed by atoms with E-state index in [4.69, 9.17) is 11.6 Å². The van der Waals surface area contributed by atoms with Crippen molar-refractivity contribution in [3.63, 3.8) is 0 Å². The highest BCUT2D eigenvalue weighted by Crippen LogP contribution is 2.45. The third kappa shape index (κ3) is 2.41. The highest BCUT2D eigenvalue weighted by atomic mass is 35.5. The molecule has 2 heteroatoms. The number of hydrogen-bond acceptors (Lipinski definition) is 1. The van der Waals surface area contributed by atoms with Gasteiger partial charge in [-0.25, -0.2) is 0 Å². The maximum atomic E-state index is 10.6. The van der Waals surface area contributed by atoms with Crippen LogP contribution >= 0.6 is 11.6 Å². The summed E-state index contributed by atoms with van der Waals surface area (Å²) >= 11 is 5.86. The van der Waals surface area contributed by atoms with Gasteiger partial charge in [-0.15, -0.1) is 0 Å². The smallest absolute Gasteiger partial charge is 0.0897 e. The van der Waals surface area contributed by atoms with Crippen molar-refractivity contribution in [1.82, 2.24) is 0 Å². The lowest BCUT2D eigenvalue weighted by molar-refractivity contribution is -0.0305. The molecule has 1 aromatic carbocycles. The molecular formula is C14H19ClO. The summed E-state index contributed by atoms with van der Waals surface area (Å²) in [6, 6.07) is 7.60. The lowest BCUT2D eigenvalue weighted by atomic mass is 9.69. The van der Waals surface area contributed by atoms with Crippen LogP contribution in [0.2, 0.25) is 5.02 Å². The zero-order chi connectivity index (χ0) is 11.8. The third-order valence-corrected chi connectivity index (χ3v) is 4.06. The van der Waals surface area contributed by atoms with Crippen LogP contribution in [0.5, 0.6) is 0 Å². The van der Waals surface area contributed by atoms with Gasteiger partial charge in [0.15, 0.2) is 0 Å². The van der Waals surface area contributed by atoms with Gasteiger partial charge in [0.25, 0.3) is 0 Å². The van der Waals surface area contributed by atoms with Gasteiger partial charge in [0.1, 0.15) is 0 Å². The standard InChI is InChI=1S/C14H19ClO/c1-13(2)7-9-14(16,10-8-13)11-3-5-12(15)6-4-11/h3-6,16H,7-10H2,1-2H3. The number of hydrogen-bond donors (Lipinski definition) is 1. The first-order chi connectivity index (χ1) is 7.41. The fraction of sp³-hybridized carbons (Fsp3) is 0.571. The molecule has 1 aliphatic rings. The number of benzene rings is 1. The summed E-state index contributed by atoms with van der Waals surface area (Å²) in [7, 11) is 0. The van der Waals surface area contributed by atoms with Gasteiger partial charge in [-0.1, -0.05) is 37.6 Å². The van der Waals surface area contributed by atoms with Crippen LogP contribution in [-0.4, -0.2) is 5.11 Å². The third-order valence-electron chi connectivity index (χ3n) is 3.81. The molecule has 16 heavy (non-hydrogen) atoms. The van der Waals surface area contributed by atoms with Gasteiger partial charge < -0.3 is 5.11 Å². The molecule has 0 spiro atoms. The van der Waals surface area contributed by atoms with E-state index in [9.17, 15) is 5.11 Å². The quantitative estimate of drug-likeness (QED) is 0.780. The van der Waals surface area contributed by atoms with E-state index in [1.807, 2.05) is 24.3 Å². The van der Waals surface area contributed by atoms with Crippen molar-refractivity contribution in [3.8, 4) is 0 Å². The van der Waals surface area contributed by atoms with Crippen LogP contribution in [0.3, 0.4) is 0 Å². The van der Waals surface area contributed by atoms with E-state index >= 15 is 0 Å². The first-order valence-corrected chi connectivity index (χ1v) is 6.28. The van der Waals surface area contributed by atoms with Gasteiger partial charge in [-0.3, -0.25) is 0 Å². The minimum absolute atomic E-state index is 0.374. The van der Waals surface area contributed by atoms with E-state index in [0.29, 0.717) is 5.41 Å². The van der Waals surface area contributed by atoms with Crippen molar-refractivity contribution in [2.75, 3.05) is 0 Å². The van der Waals surface area contributed by atoms with E-state index in [-0.39, 0.29) is 0 Å². The molecule has 1 aliphatic carbocycles. The van der Waals surface area contributed by atoms with Gasteiger partial charge in [0.2, 0.25) is 0 Å². The van der Waals surface area contributed by atoms with Crippen LogP contribution in [0, 0.1) is 5.41 Å². The Hall–Kier alpha value is -0.530. The maximum absolute atomic E-state index is 10.6. The average Bonchev–Trinajstić information content (AvgIpc) is 2.24. The van der Waals surface area contributed by atoms with Crippen LogP contribution in [0.25, 0.3) is 0 Å². The van der Waals surface area contributed by atoms with E-state index in [1.165, 1.54) is 0 Å². The molecule has 2 rings (SSSR count). The van der Waals surface area contributed by atoms with Crippen molar-refractivity contribution in [2.45, 2.75) is 45.1 Å². The second-order valence-electron chi connectivity index (χ2n) is 5.70. The van der Waals surface area contributed by atoms with E-state index in [0.717, 1.165) is 36.3 Å². The predicted octanol–water partition coefficient (Wildman–Crippen LogP) is 4.13. The molecular weight excluding hydrogens is 220 g/mol. The zero-order valence-electron chi connectivity index (χ0n) is 9.96. The number of halogens is 1. The molecule has 0 amide bonds. The van der Waals surface area contributed by atoms with E-state index < -0.39 is 5.60 Å². The van der Waals surface area contributed by atoms with Crippen LogP contribution < -0.4 is 0 Å². The van der Waals surface area contributed by atoms with Gasteiger partial charge in [-0.2, -0.15) is 0 Å². The van der Waals surface area contributed by atoms with E-state index in [2.05, 4.69) is 13.8 Å². The molecule has 0 aromatic heterocycles. The van der Waals surface area contributed by atoms with Crippen LogP contribution in [0.1, 0.15) is 45.1 Å².